The van der Waals surface area contributed by atoms with Crippen LogP contribution in [0.2, 0.25) is 0 Å². The highest BCUT2D eigenvalue weighted by Crippen LogP contribution is 2.37. The minimum Gasteiger partial charge on any atom is -0.464 e. The molecule has 4 nitrogen and oxygen atoms in total. The molecule has 0 saturated carbocycles. The fourth-order valence-electron chi connectivity index (χ4n) is 2.48. The van der Waals surface area contributed by atoms with Crippen LogP contribution in [0.1, 0.15) is 17.3 Å². The highest BCUT2D eigenvalue weighted by molar-refractivity contribution is 6.06. The van der Waals surface area contributed by atoms with Crippen molar-refractivity contribution in [2.75, 3.05) is 26.3 Å². The van der Waals surface area contributed by atoms with Gasteiger partial charge in [0.05, 0.1) is 18.8 Å². The lowest BCUT2D eigenvalue weighted by Crippen LogP contribution is -2.57. The van der Waals surface area contributed by atoms with Crippen LogP contribution in [0.15, 0.2) is 18.2 Å². The van der Waals surface area contributed by atoms with Crippen molar-refractivity contribution in [1.29, 1.82) is 0 Å². The topological polar surface area (TPSA) is 38.8 Å². The van der Waals surface area contributed by atoms with Gasteiger partial charge in [-0.05, 0) is 25.1 Å². The fraction of sp³-hybridized carbons (Fsp3) is 0.462. The summed E-state index contributed by atoms with van der Waals surface area (Å²) in [4.78, 5) is 14.3. The van der Waals surface area contributed by atoms with E-state index in [-0.39, 0.29) is 5.78 Å². The van der Waals surface area contributed by atoms with E-state index in [2.05, 4.69) is 0 Å². The molecular weight excluding hydrogens is 237 g/mol. The Bertz CT molecular complexity index is 499. The van der Waals surface area contributed by atoms with Gasteiger partial charge in [0, 0.05) is 13.1 Å². The maximum atomic E-state index is 13.2. The number of fused-ring (bicyclic) bond motifs is 1. The van der Waals surface area contributed by atoms with Crippen LogP contribution in [-0.2, 0) is 4.74 Å². The SMILES string of the molecule is CC1(N2CCOCC2)Oc2ccc(F)cc2C1=O. The zero-order valence-electron chi connectivity index (χ0n) is 10.1. The molecule has 1 atom stereocenters. The maximum Gasteiger partial charge on any atom is 0.225 e. The van der Waals surface area contributed by atoms with E-state index in [4.69, 9.17) is 9.47 Å². The summed E-state index contributed by atoms with van der Waals surface area (Å²) in [5.74, 6) is -0.147. The lowest BCUT2D eigenvalue weighted by atomic mass is 10.0. The van der Waals surface area contributed by atoms with Crippen molar-refractivity contribution < 1.29 is 18.7 Å². The summed E-state index contributed by atoms with van der Waals surface area (Å²) in [6.45, 7) is 4.17. The smallest absolute Gasteiger partial charge is 0.225 e. The number of benzene rings is 1. The summed E-state index contributed by atoms with van der Waals surface area (Å²) < 4.78 is 24.2. The van der Waals surface area contributed by atoms with E-state index in [1.165, 1.54) is 18.2 Å². The number of hydrogen-bond donors (Lipinski definition) is 0. The zero-order chi connectivity index (χ0) is 12.8. The predicted octanol–water partition coefficient (Wildman–Crippen LogP) is 1.45. The third-order valence-electron chi connectivity index (χ3n) is 3.53. The molecule has 2 aliphatic rings. The lowest BCUT2D eigenvalue weighted by Gasteiger charge is -2.38. The Balaban J connectivity index is 1.95. The van der Waals surface area contributed by atoms with Gasteiger partial charge in [0.1, 0.15) is 11.6 Å². The maximum absolute atomic E-state index is 13.2. The van der Waals surface area contributed by atoms with E-state index in [9.17, 15) is 9.18 Å². The van der Waals surface area contributed by atoms with Crippen LogP contribution in [0.5, 0.6) is 5.75 Å². The Morgan fingerprint density at radius 2 is 2.06 bits per heavy atom. The largest absolute Gasteiger partial charge is 0.464 e. The molecule has 0 aromatic heterocycles. The standard InChI is InChI=1S/C13H14FNO3/c1-13(15-4-6-17-7-5-15)12(16)10-8-9(14)2-3-11(10)18-13/h2-3,8H,4-7H2,1H3. The molecule has 0 radical (unpaired) electrons. The summed E-state index contributed by atoms with van der Waals surface area (Å²) in [6.07, 6.45) is 0. The van der Waals surface area contributed by atoms with Crippen LogP contribution < -0.4 is 4.74 Å². The van der Waals surface area contributed by atoms with Gasteiger partial charge in [-0.15, -0.1) is 0 Å². The summed E-state index contributed by atoms with van der Waals surface area (Å²) in [7, 11) is 0. The number of ketones is 1. The zero-order valence-corrected chi connectivity index (χ0v) is 10.1. The van der Waals surface area contributed by atoms with Crippen LogP contribution in [-0.4, -0.2) is 42.7 Å². The number of nitrogens with zero attached hydrogens (tertiary/aromatic N) is 1. The molecule has 0 amide bonds. The second-order valence-electron chi connectivity index (χ2n) is 4.65. The van der Waals surface area contributed by atoms with E-state index in [1.54, 1.807) is 6.92 Å². The number of morpholine rings is 1. The molecule has 0 N–H and O–H groups in total. The highest BCUT2D eigenvalue weighted by Gasteiger charge is 2.48. The summed E-state index contributed by atoms with van der Waals surface area (Å²) in [6, 6.07) is 4.05. The second-order valence-corrected chi connectivity index (χ2v) is 4.65. The monoisotopic (exact) mass is 251 g/mol. The Labute approximate surface area is 104 Å². The molecular formula is C13H14FNO3. The Morgan fingerprint density at radius 1 is 1.33 bits per heavy atom. The first-order valence-electron chi connectivity index (χ1n) is 5.97. The molecule has 1 aromatic rings. The van der Waals surface area contributed by atoms with Crippen LogP contribution in [0.4, 0.5) is 4.39 Å². The molecule has 0 spiro atoms. The average Bonchev–Trinajstić information content (AvgIpc) is 2.65. The van der Waals surface area contributed by atoms with E-state index < -0.39 is 11.5 Å². The molecule has 1 saturated heterocycles. The van der Waals surface area contributed by atoms with E-state index in [0.29, 0.717) is 37.6 Å². The number of hydrogen-bond acceptors (Lipinski definition) is 4. The van der Waals surface area contributed by atoms with Gasteiger partial charge in [0.2, 0.25) is 11.5 Å². The molecule has 96 valence electrons. The highest BCUT2D eigenvalue weighted by atomic mass is 19.1. The summed E-state index contributed by atoms with van der Waals surface area (Å²) >= 11 is 0. The van der Waals surface area contributed by atoms with Crippen LogP contribution in [0.25, 0.3) is 0 Å². The summed E-state index contributed by atoms with van der Waals surface area (Å²) in [5, 5.41) is 0. The molecule has 0 aliphatic carbocycles. The first kappa shape index (κ1) is 11.6. The third-order valence-corrected chi connectivity index (χ3v) is 3.53. The van der Waals surface area contributed by atoms with E-state index >= 15 is 0 Å². The van der Waals surface area contributed by atoms with Crippen molar-refractivity contribution in [2.24, 2.45) is 0 Å². The molecule has 5 heteroatoms. The van der Waals surface area contributed by atoms with Gasteiger partial charge < -0.3 is 9.47 Å². The fourth-order valence-corrected chi connectivity index (χ4v) is 2.48. The quantitative estimate of drug-likeness (QED) is 0.757. The number of ether oxygens (including phenoxy) is 2. The minimum atomic E-state index is -1.03. The first-order chi connectivity index (χ1) is 8.61. The first-order valence-corrected chi connectivity index (χ1v) is 5.97. The normalized spacial score (nSPS) is 28.0. The molecule has 1 aromatic carbocycles. The Morgan fingerprint density at radius 3 is 2.78 bits per heavy atom. The molecule has 1 unspecified atom stereocenters. The van der Waals surface area contributed by atoms with Gasteiger partial charge >= 0.3 is 0 Å². The second kappa shape index (κ2) is 4.03. The van der Waals surface area contributed by atoms with Crippen LogP contribution in [0, 0.1) is 5.82 Å². The average molecular weight is 251 g/mol. The molecule has 2 heterocycles. The van der Waals surface area contributed by atoms with Crippen molar-refractivity contribution in [1.82, 2.24) is 4.90 Å². The predicted molar refractivity (Wildman–Crippen MR) is 62.2 cm³/mol. The number of halogens is 1. The van der Waals surface area contributed by atoms with Crippen molar-refractivity contribution in [3.63, 3.8) is 0 Å². The Kier molecular flexibility index (Phi) is 2.60. The Hall–Kier alpha value is -1.46. The molecule has 18 heavy (non-hydrogen) atoms. The van der Waals surface area contributed by atoms with Gasteiger partial charge in [-0.2, -0.15) is 0 Å². The third kappa shape index (κ3) is 1.62. The molecule has 1 fully saturated rings. The van der Waals surface area contributed by atoms with Gasteiger partial charge in [-0.1, -0.05) is 0 Å². The van der Waals surface area contributed by atoms with Crippen molar-refractivity contribution in [2.45, 2.75) is 12.6 Å². The van der Waals surface area contributed by atoms with E-state index in [0.717, 1.165) is 0 Å². The molecule has 2 aliphatic heterocycles. The van der Waals surface area contributed by atoms with Crippen molar-refractivity contribution in [3.8, 4) is 5.75 Å². The van der Waals surface area contributed by atoms with Crippen molar-refractivity contribution in [3.05, 3.63) is 29.6 Å². The number of Topliss-reactive ketones (excluding diaryl/α,β-unsaturated/α-hetero) is 1. The lowest BCUT2D eigenvalue weighted by molar-refractivity contribution is -0.0796. The van der Waals surface area contributed by atoms with E-state index in [1.807, 2.05) is 4.90 Å². The molecule has 3 rings (SSSR count). The molecule has 0 bridgehead atoms. The summed E-state index contributed by atoms with van der Waals surface area (Å²) in [5.41, 5.74) is -0.705. The number of rotatable bonds is 1. The number of carbonyl (C=O) groups is 1. The van der Waals surface area contributed by atoms with Gasteiger partial charge in [-0.25, -0.2) is 4.39 Å². The van der Waals surface area contributed by atoms with Gasteiger partial charge in [0.25, 0.3) is 0 Å². The van der Waals surface area contributed by atoms with Crippen molar-refractivity contribution >= 4 is 5.78 Å². The van der Waals surface area contributed by atoms with Gasteiger partial charge in [-0.3, -0.25) is 9.69 Å². The van der Waals surface area contributed by atoms with Crippen LogP contribution >= 0.6 is 0 Å². The minimum absolute atomic E-state index is 0.182. The van der Waals surface area contributed by atoms with Crippen LogP contribution in [0.3, 0.4) is 0 Å². The number of carbonyl (C=O) groups excluding carboxylic acids is 1. The van der Waals surface area contributed by atoms with Gasteiger partial charge in [0.15, 0.2) is 0 Å².